The quantitative estimate of drug-likeness (QED) is 0.743. The summed E-state index contributed by atoms with van der Waals surface area (Å²) in [6, 6.07) is 12.6. The molecule has 2 atom stereocenters. The highest BCUT2D eigenvalue weighted by atomic mass is 19.4. The van der Waals surface area contributed by atoms with Crippen molar-refractivity contribution in [3.63, 3.8) is 0 Å². The third-order valence-electron chi connectivity index (χ3n) is 4.54. The molecule has 150 valence electrons. The van der Waals surface area contributed by atoms with Crippen LogP contribution >= 0.6 is 0 Å². The molecule has 0 aliphatic heterocycles. The number of alkyl halides is 3. The van der Waals surface area contributed by atoms with Crippen LogP contribution in [0.15, 0.2) is 54.6 Å². The number of nitrogens with one attached hydrogen (secondary N) is 2. The van der Waals surface area contributed by atoms with Crippen molar-refractivity contribution in [1.82, 2.24) is 10.6 Å². The van der Waals surface area contributed by atoms with Crippen LogP contribution < -0.4 is 10.6 Å². The first kappa shape index (κ1) is 21.5. The maximum Gasteiger partial charge on any atom is 0.416 e. The smallest absolute Gasteiger partial charge is 0.350 e. The second kappa shape index (κ2) is 9.39. The molecule has 0 heterocycles. The topological polar surface area (TPSA) is 58.2 Å². The highest BCUT2D eigenvalue weighted by molar-refractivity contribution is 5.97. The van der Waals surface area contributed by atoms with Crippen molar-refractivity contribution < 1.29 is 22.8 Å². The Morgan fingerprint density at radius 2 is 1.71 bits per heavy atom. The fraction of sp³-hybridized carbons (Fsp3) is 0.333. The zero-order valence-corrected chi connectivity index (χ0v) is 15.7. The van der Waals surface area contributed by atoms with Crippen LogP contribution in [-0.4, -0.2) is 17.9 Å². The van der Waals surface area contributed by atoms with E-state index in [9.17, 15) is 22.8 Å². The van der Waals surface area contributed by atoms with E-state index in [-0.39, 0.29) is 17.4 Å². The molecule has 4 nitrogen and oxygen atoms in total. The predicted molar refractivity (Wildman–Crippen MR) is 100 cm³/mol. The Balaban J connectivity index is 2.11. The van der Waals surface area contributed by atoms with Gasteiger partial charge in [-0.2, -0.15) is 13.2 Å². The molecule has 2 aromatic carbocycles. The van der Waals surface area contributed by atoms with E-state index in [1.54, 1.807) is 6.92 Å². The molecule has 0 bridgehead atoms. The lowest BCUT2D eigenvalue weighted by Gasteiger charge is -2.24. The average molecular weight is 392 g/mol. The number of hydrogen-bond donors (Lipinski definition) is 2. The second-order valence-corrected chi connectivity index (χ2v) is 6.62. The molecule has 0 spiro atoms. The minimum Gasteiger partial charge on any atom is -0.350 e. The molecule has 2 rings (SSSR count). The van der Waals surface area contributed by atoms with Gasteiger partial charge in [0.05, 0.1) is 5.56 Å². The average Bonchev–Trinajstić information content (AvgIpc) is 2.69. The summed E-state index contributed by atoms with van der Waals surface area (Å²) in [5, 5.41) is 5.35. The Hall–Kier alpha value is -2.83. The number of carbonyl (C=O) groups excluding carboxylic acids is 2. The first-order valence-electron chi connectivity index (χ1n) is 9.02. The van der Waals surface area contributed by atoms with Crippen molar-refractivity contribution in [3.8, 4) is 0 Å². The van der Waals surface area contributed by atoms with E-state index in [4.69, 9.17) is 0 Å². The third kappa shape index (κ3) is 5.84. The van der Waals surface area contributed by atoms with Gasteiger partial charge in [0.1, 0.15) is 6.04 Å². The monoisotopic (exact) mass is 392 g/mol. The third-order valence-corrected chi connectivity index (χ3v) is 4.54. The summed E-state index contributed by atoms with van der Waals surface area (Å²) in [5.74, 6) is -1.28. The number of amides is 2. The molecule has 2 amide bonds. The van der Waals surface area contributed by atoms with Gasteiger partial charge >= 0.3 is 6.18 Å². The zero-order chi connectivity index (χ0) is 20.7. The standard InChI is InChI=1S/C21H23F3N2O2/c1-3-14(2)18(20(28)25-13-15-8-5-4-6-9-15)26-19(27)16-10-7-11-17(12-16)21(22,23)24/h4-12,14,18H,3,13H2,1-2H3,(H,25,28)(H,26,27). The van der Waals surface area contributed by atoms with Crippen LogP contribution in [0.4, 0.5) is 13.2 Å². The predicted octanol–water partition coefficient (Wildman–Crippen LogP) is 4.17. The normalized spacial score (nSPS) is 13.5. The molecular weight excluding hydrogens is 369 g/mol. The van der Waals surface area contributed by atoms with Crippen molar-refractivity contribution in [1.29, 1.82) is 0 Å². The number of halogens is 3. The molecule has 0 aliphatic carbocycles. The first-order chi connectivity index (χ1) is 13.2. The highest BCUT2D eigenvalue weighted by Gasteiger charge is 2.31. The van der Waals surface area contributed by atoms with Gasteiger partial charge in [-0.25, -0.2) is 0 Å². The molecule has 2 unspecified atom stereocenters. The minimum absolute atomic E-state index is 0.140. The van der Waals surface area contributed by atoms with Crippen molar-refractivity contribution in [3.05, 3.63) is 71.3 Å². The Morgan fingerprint density at radius 1 is 1.04 bits per heavy atom. The van der Waals surface area contributed by atoms with Gasteiger partial charge < -0.3 is 10.6 Å². The number of rotatable bonds is 7. The second-order valence-electron chi connectivity index (χ2n) is 6.62. The SMILES string of the molecule is CCC(C)C(NC(=O)c1cccc(C(F)(F)F)c1)C(=O)NCc1ccccc1. The zero-order valence-electron chi connectivity index (χ0n) is 15.7. The Labute approximate surface area is 162 Å². The van der Waals surface area contributed by atoms with Gasteiger partial charge in [-0.15, -0.1) is 0 Å². The molecule has 0 aromatic heterocycles. The molecule has 7 heteroatoms. The van der Waals surface area contributed by atoms with E-state index in [0.717, 1.165) is 17.7 Å². The van der Waals surface area contributed by atoms with E-state index < -0.39 is 23.7 Å². The molecule has 2 N–H and O–H groups in total. The highest BCUT2D eigenvalue weighted by Crippen LogP contribution is 2.29. The van der Waals surface area contributed by atoms with Crippen LogP contribution in [0.2, 0.25) is 0 Å². The van der Waals surface area contributed by atoms with Crippen LogP contribution in [0.3, 0.4) is 0 Å². The largest absolute Gasteiger partial charge is 0.416 e. The maximum absolute atomic E-state index is 12.9. The molecule has 0 fully saturated rings. The number of hydrogen-bond acceptors (Lipinski definition) is 2. The minimum atomic E-state index is -4.54. The fourth-order valence-electron chi connectivity index (χ4n) is 2.66. The Bertz CT molecular complexity index is 807. The fourth-order valence-corrected chi connectivity index (χ4v) is 2.66. The number of carbonyl (C=O) groups is 2. The Morgan fingerprint density at radius 3 is 2.32 bits per heavy atom. The molecule has 0 radical (unpaired) electrons. The summed E-state index contributed by atoms with van der Waals surface area (Å²) >= 11 is 0. The van der Waals surface area contributed by atoms with E-state index in [1.807, 2.05) is 37.3 Å². The van der Waals surface area contributed by atoms with Gasteiger partial charge in [-0.3, -0.25) is 9.59 Å². The molecule has 2 aromatic rings. The molecule has 0 saturated carbocycles. The van der Waals surface area contributed by atoms with E-state index in [1.165, 1.54) is 12.1 Å². The van der Waals surface area contributed by atoms with Gasteiger partial charge in [-0.1, -0.05) is 56.7 Å². The van der Waals surface area contributed by atoms with Gasteiger partial charge in [0, 0.05) is 12.1 Å². The van der Waals surface area contributed by atoms with Gasteiger partial charge in [0.2, 0.25) is 5.91 Å². The maximum atomic E-state index is 12.9. The summed E-state index contributed by atoms with van der Waals surface area (Å²) < 4.78 is 38.6. The van der Waals surface area contributed by atoms with Crippen molar-refractivity contribution in [2.45, 2.75) is 39.0 Å². The van der Waals surface area contributed by atoms with Crippen molar-refractivity contribution in [2.24, 2.45) is 5.92 Å². The van der Waals surface area contributed by atoms with Crippen molar-refractivity contribution in [2.75, 3.05) is 0 Å². The summed E-state index contributed by atoms with van der Waals surface area (Å²) in [6.07, 6.45) is -3.92. The summed E-state index contributed by atoms with van der Waals surface area (Å²) in [4.78, 5) is 25.1. The first-order valence-corrected chi connectivity index (χ1v) is 9.02. The summed E-state index contributed by atoms with van der Waals surface area (Å²) in [7, 11) is 0. The summed E-state index contributed by atoms with van der Waals surface area (Å²) in [6.45, 7) is 3.98. The summed E-state index contributed by atoms with van der Waals surface area (Å²) in [5.41, 5.74) is -0.143. The lowest BCUT2D eigenvalue weighted by atomic mass is 9.97. The molecule has 0 saturated heterocycles. The van der Waals surface area contributed by atoms with Gasteiger partial charge in [0.15, 0.2) is 0 Å². The van der Waals surface area contributed by atoms with Crippen LogP contribution in [0, 0.1) is 5.92 Å². The lowest BCUT2D eigenvalue weighted by molar-refractivity contribution is -0.137. The van der Waals surface area contributed by atoms with Gasteiger partial charge in [0.25, 0.3) is 5.91 Å². The van der Waals surface area contributed by atoms with Crippen LogP contribution in [0.5, 0.6) is 0 Å². The lowest BCUT2D eigenvalue weighted by Crippen LogP contribution is -2.50. The number of benzene rings is 2. The Kier molecular flexibility index (Phi) is 7.20. The van der Waals surface area contributed by atoms with Gasteiger partial charge in [-0.05, 0) is 29.7 Å². The van der Waals surface area contributed by atoms with Crippen LogP contribution in [-0.2, 0) is 17.5 Å². The molecular formula is C21H23F3N2O2. The van der Waals surface area contributed by atoms with Crippen LogP contribution in [0.25, 0.3) is 0 Å². The van der Waals surface area contributed by atoms with Crippen molar-refractivity contribution >= 4 is 11.8 Å². The molecule has 0 aliphatic rings. The molecule has 28 heavy (non-hydrogen) atoms. The van der Waals surface area contributed by atoms with Crippen LogP contribution in [0.1, 0.15) is 41.8 Å². The van der Waals surface area contributed by atoms with E-state index in [2.05, 4.69) is 10.6 Å². The van der Waals surface area contributed by atoms with E-state index in [0.29, 0.717) is 13.0 Å². The van der Waals surface area contributed by atoms with E-state index >= 15 is 0 Å².